The lowest BCUT2D eigenvalue weighted by molar-refractivity contribution is 0.305. The van der Waals surface area contributed by atoms with Crippen LogP contribution in [0.1, 0.15) is 30.1 Å². The first kappa shape index (κ1) is 15.9. The molecule has 1 aliphatic carbocycles. The first-order valence-corrected chi connectivity index (χ1v) is 9.16. The van der Waals surface area contributed by atoms with Crippen molar-refractivity contribution in [1.82, 2.24) is 14.5 Å². The molecule has 5 rings (SSSR count). The number of imidazole rings is 1. The van der Waals surface area contributed by atoms with Gasteiger partial charge in [-0.05, 0) is 42.7 Å². The summed E-state index contributed by atoms with van der Waals surface area (Å²) in [6.45, 7) is 0.439. The van der Waals surface area contributed by atoms with Crippen molar-refractivity contribution in [2.45, 2.75) is 25.4 Å². The predicted octanol–water partition coefficient (Wildman–Crippen LogP) is 4.17. The molecule has 27 heavy (non-hydrogen) atoms. The smallest absolute Gasteiger partial charge is 0.258 e. The number of aromatic amines is 1. The van der Waals surface area contributed by atoms with Crippen molar-refractivity contribution in [2.24, 2.45) is 0 Å². The number of hydrogen-bond donors (Lipinski definition) is 1. The van der Waals surface area contributed by atoms with Gasteiger partial charge in [-0.25, -0.2) is 4.98 Å². The third kappa shape index (κ3) is 3.24. The van der Waals surface area contributed by atoms with Gasteiger partial charge in [0.15, 0.2) is 0 Å². The average Bonchev–Trinajstić information content (AvgIpc) is 3.46. The Bertz CT molecular complexity index is 1160. The van der Waals surface area contributed by atoms with Crippen LogP contribution >= 0.6 is 0 Å². The Labute approximate surface area is 156 Å². The summed E-state index contributed by atoms with van der Waals surface area (Å²) in [5.74, 6) is 2.20. The molecule has 2 heterocycles. The quantitative estimate of drug-likeness (QED) is 0.583. The topological polar surface area (TPSA) is 59.9 Å². The van der Waals surface area contributed by atoms with Gasteiger partial charge < -0.3 is 9.72 Å². The normalized spacial score (nSPS) is 13.8. The summed E-state index contributed by atoms with van der Waals surface area (Å²) < 4.78 is 7.36. The van der Waals surface area contributed by atoms with Gasteiger partial charge in [0.25, 0.3) is 5.56 Å². The fourth-order valence-electron chi connectivity index (χ4n) is 3.22. The van der Waals surface area contributed by atoms with Crippen molar-refractivity contribution in [1.29, 1.82) is 0 Å². The molecular weight excluding hydrogens is 338 g/mol. The molecule has 134 valence electrons. The van der Waals surface area contributed by atoms with E-state index in [1.807, 2.05) is 54.6 Å². The van der Waals surface area contributed by atoms with E-state index in [4.69, 9.17) is 4.74 Å². The van der Waals surface area contributed by atoms with Crippen molar-refractivity contribution >= 4 is 11.0 Å². The van der Waals surface area contributed by atoms with E-state index in [1.54, 1.807) is 10.8 Å². The van der Waals surface area contributed by atoms with Gasteiger partial charge in [0, 0.05) is 18.2 Å². The van der Waals surface area contributed by atoms with Gasteiger partial charge in [-0.2, -0.15) is 0 Å². The molecule has 0 saturated heterocycles. The zero-order chi connectivity index (χ0) is 18.2. The molecule has 0 radical (unpaired) electrons. The highest BCUT2D eigenvalue weighted by atomic mass is 16.5. The third-order valence-corrected chi connectivity index (χ3v) is 4.87. The number of hydrogen-bond acceptors (Lipinski definition) is 3. The zero-order valence-electron chi connectivity index (χ0n) is 14.8. The van der Waals surface area contributed by atoms with Crippen molar-refractivity contribution in [3.8, 4) is 11.4 Å². The van der Waals surface area contributed by atoms with Gasteiger partial charge in [0.1, 0.15) is 18.2 Å². The van der Waals surface area contributed by atoms with Crippen molar-refractivity contribution in [3.63, 3.8) is 0 Å². The largest absolute Gasteiger partial charge is 0.489 e. The van der Waals surface area contributed by atoms with Crippen molar-refractivity contribution in [2.75, 3.05) is 0 Å². The second kappa shape index (κ2) is 6.43. The number of ether oxygens (including phenoxy) is 1. The lowest BCUT2D eigenvalue weighted by Crippen LogP contribution is -2.16. The molecule has 0 bridgehead atoms. The molecule has 0 amide bonds. The Morgan fingerprint density at radius 1 is 1.07 bits per heavy atom. The molecule has 1 N–H and O–H groups in total. The number of nitrogens with one attached hydrogen (secondary N) is 1. The third-order valence-electron chi connectivity index (χ3n) is 4.87. The number of aromatic nitrogens is 3. The van der Waals surface area contributed by atoms with E-state index in [2.05, 4.69) is 9.97 Å². The minimum atomic E-state index is -0.123. The molecule has 2 aromatic carbocycles. The first-order chi connectivity index (χ1) is 13.3. The number of rotatable bonds is 5. The van der Waals surface area contributed by atoms with Crippen LogP contribution in [0, 0.1) is 0 Å². The number of nitrogens with zero attached hydrogens (tertiary/aromatic N) is 2. The molecule has 0 unspecified atom stereocenters. The molecule has 5 heteroatoms. The monoisotopic (exact) mass is 357 g/mol. The molecule has 1 saturated carbocycles. The van der Waals surface area contributed by atoms with Crippen LogP contribution < -0.4 is 10.3 Å². The van der Waals surface area contributed by atoms with Gasteiger partial charge >= 0.3 is 0 Å². The van der Waals surface area contributed by atoms with Crippen LogP contribution in [0.4, 0.5) is 0 Å². The van der Waals surface area contributed by atoms with Crippen LogP contribution in [0.5, 0.6) is 5.75 Å². The van der Waals surface area contributed by atoms with E-state index in [-0.39, 0.29) is 5.56 Å². The summed E-state index contributed by atoms with van der Waals surface area (Å²) in [4.78, 5) is 20.6. The summed E-state index contributed by atoms with van der Waals surface area (Å²) in [6.07, 6.45) is 4.16. The van der Waals surface area contributed by atoms with Gasteiger partial charge in [-0.1, -0.05) is 30.3 Å². The van der Waals surface area contributed by atoms with E-state index >= 15 is 0 Å². The molecule has 1 aliphatic rings. The van der Waals surface area contributed by atoms with E-state index in [1.165, 1.54) is 18.9 Å². The van der Waals surface area contributed by atoms with Crippen LogP contribution in [-0.2, 0) is 6.61 Å². The molecule has 5 nitrogen and oxygen atoms in total. The minimum absolute atomic E-state index is 0.123. The van der Waals surface area contributed by atoms with Gasteiger partial charge in [-0.3, -0.25) is 9.36 Å². The molecule has 1 fully saturated rings. The maximum atomic E-state index is 12.6. The van der Waals surface area contributed by atoms with E-state index in [0.29, 0.717) is 18.3 Å². The molecular formula is C22H19N3O2. The van der Waals surface area contributed by atoms with Crippen molar-refractivity contribution < 1.29 is 4.74 Å². The zero-order valence-corrected chi connectivity index (χ0v) is 14.8. The average molecular weight is 357 g/mol. The molecule has 4 aromatic rings. The van der Waals surface area contributed by atoms with Crippen LogP contribution in [0.2, 0.25) is 0 Å². The summed E-state index contributed by atoms with van der Waals surface area (Å²) in [6, 6.07) is 19.1. The number of pyridine rings is 1. The lowest BCUT2D eigenvalue weighted by atomic mass is 10.2. The van der Waals surface area contributed by atoms with E-state index in [9.17, 15) is 4.79 Å². The van der Waals surface area contributed by atoms with Crippen LogP contribution in [0.3, 0.4) is 0 Å². The maximum absolute atomic E-state index is 12.6. The molecule has 0 aliphatic heterocycles. The highest BCUT2D eigenvalue weighted by Crippen LogP contribution is 2.39. The number of benzene rings is 2. The Morgan fingerprint density at radius 3 is 2.70 bits per heavy atom. The number of H-pyrrole nitrogens is 1. The standard InChI is InChI=1S/C22H19N3O2/c26-21-13-18(27-14-15-4-2-1-3-5-15)10-11-25(21)17-8-9-19-20(12-17)24-22(23-19)16-6-7-16/h1-5,8-13,16H,6-7,14H2,(H,23,24). The summed E-state index contributed by atoms with van der Waals surface area (Å²) >= 11 is 0. The predicted molar refractivity (Wildman–Crippen MR) is 104 cm³/mol. The maximum Gasteiger partial charge on any atom is 0.258 e. The summed E-state index contributed by atoms with van der Waals surface area (Å²) in [5.41, 5.74) is 3.66. The summed E-state index contributed by atoms with van der Waals surface area (Å²) in [5, 5.41) is 0. The van der Waals surface area contributed by atoms with E-state index in [0.717, 1.165) is 28.1 Å². The van der Waals surface area contributed by atoms with Crippen LogP contribution in [-0.4, -0.2) is 14.5 Å². The molecule has 2 aromatic heterocycles. The van der Waals surface area contributed by atoms with Crippen molar-refractivity contribution in [3.05, 3.63) is 88.6 Å². The highest BCUT2D eigenvalue weighted by molar-refractivity contribution is 5.77. The Kier molecular flexibility index (Phi) is 3.78. The fraction of sp³-hybridized carbons (Fsp3) is 0.182. The van der Waals surface area contributed by atoms with Gasteiger partial charge in [0.2, 0.25) is 0 Å². The molecule has 0 spiro atoms. The Balaban J connectivity index is 1.39. The second-order valence-electron chi connectivity index (χ2n) is 6.94. The van der Waals surface area contributed by atoms with E-state index < -0.39 is 0 Å². The minimum Gasteiger partial charge on any atom is -0.489 e. The van der Waals surface area contributed by atoms with Gasteiger partial charge in [0.05, 0.1) is 16.7 Å². The number of fused-ring (bicyclic) bond motifs is 1. The Hall–Kier alpha value is -3.34. The second-order valence-corrected chi connectivity index (χ2v) is 6.94. The first-order valence-electron chi connectivity index (χ1n) is 9.16. The van der Waals surface area contributed by atoms with Crippen LogP contribution in [0.15, 0.2) is 71.7 Å². The SMILES string of the molecule is O=c1cc(OCc2ccccc2)ccn1-c1ccc2nc(C3CC3)[nH]c2c1. The van der Waals surface area contributed by atoms with Crippen LogP contribution in [0.25, 0.3) is 16.7 Å². The highest BCUT2D eigenvalue weighted by Gasteiger charge is 2.26. The van der Waals surface area contributed by atoms with Gasteiger partial charge in [-0.15, -0.1) is 0 Å². The lowest BCUT2D eigenvalue weighted by Gasteiger charge is -2.09. The Morgan fingerprint density at radius 2 is 1.93 bits per heavy atom. The fourth-order valence-corrected chi connectivity index (χ4v) is 3.22. The molecule has 0 atom stereocenters. The summed E-state index contributed by atoms with van der Waals surface area (Å²) in [7, 11) is 0.